The number of hydrogen-bond acceptors (Lipinski definition) is 6. The van der Waals surface area contributed by atoms with Crippen LogP contribution >= 0.6 is 0 Å². The van der Waals surface area contributed by atoms with Gasteiger partial charge in [0.05, 0.1) is 11.5 Å². The van der Waals surface area contributed by atoms with E-state index in [1.165, 1.54) is 0 Å². The lowest BCUT2D eigenvalue weighted by Crippen LogP contribution is -2.53. The molecule has 4 saturated heterocycles. The molecule has 4 fully saturated rings. The molecule has 1 aromatic rings. The molecular weight excluding hydrogens is 418 g/mol. The van der Waals surface area contributed by atoms with Crippen molar-refractivity contribution in [1.29, 1.82) is 0 Å². The van der Waals surface area contributed by atoms with Crippen molar-refractivity contribution in [3.8, 4) is 11.5 Å². The first-order valence-corrected chi connectivity index (χ1v) is 13.0. The number of carbonyl (C=O) groups is 1. The lowest BCUT2D eigenvalue weighted by Gasteiger charge is -2.45. The number of ether oxygens (including phenoxy) is 2. The van der Waals surface area contributed by atoms with Gasteiger partial charge in [-0.05, 0) is 29.9 Å². The van der Waals surface area contributed by atoms with E-state index in [0.29, 0.717) is 57.1 Å². The Bertz CT molecular complexity index is 954. The van der Waals surface area contributed by atoms with Crippen LogP contribution < -0.4 is 14.4 Å². The summed E-state index contributed by atoms with van der Waals surface area (Å²) >= 11 is 0. The van der Waals surface area contributed by atoms with E-state index in [4.69, 9.17) is 9.47 Å². The highest BCUT2D eigenvalue weighted by molar-refractivity contribution is 7.91. The van der Waals surface area contributed by atoms with Crippen LogP contribution in [0.2, 0.25) is 0 Å². The van der Waals surface area contributed by atoms with Gasteiger partial charge < -0.3 is 24.2 Å². The minimum absolute atomic E-state index is 0.0183. The molecule has 170 valence electrons. The molecule has 0 N–H and O–H groups in total. The predicted octanol–water partition coefficient (Wildman–Crippen LogP) is 1.70. The molecule has 5 aliphatic heterocycles. The number of anilines is 1. The van der Waals surface area contributed by atoms with E-state index in [1.54, 1.807) is 4.90 Å². The number of rotatable bonds is 1. The van der Waals surface area contributed by atoms with Crippen LogP contribution in [0, 0.1) is 17.8 Å². The van der Waals surface area contributed by atoms with E-state index in [0.717, 1.165) is 23.7 Å². The fraction of sp³-hybridized carbons (Fsp3) is 0.682. The van der Waals surface area contributed by atoms with Crippen molar-refractivity contribution in [3.63, 3.8) is 0 Å². The third-order valence-corrected chi connectivity index (χ3v) is 9.23. The first-order chi connectivity index (χ1) is 14.8. The average Bonchev–Trinajstić information content (AvgIpc) is 3.03. The Labute approximate surface area is 184 Å². The lowest BCUT2D eigenvalue weighted by molar-refractivity contribution is 0.152. The molecular formula is C22H31N3O5S. The molecule has 5 aliphatic rings. The molecule has 6 rings (SSSR count). The van der Waals surface area contributed by atoms with Crippen molar-refractivity contribution in [1.82, 2.24) is 9.80 Å². The van der Waals surface area contributed by atoms with Gasteiger partial charge in [-0.2, -0.15) is 0 Å². The number of urea groups is 1. The monoisotopic (exact) mass is 449 g/mol. The van der Waals surface area contributed by atoms with Crippen LogP contribution in [0.25, 0.3) is 0 Å². The molecule has 5 heterocycles. The molecule has 2 amide bonds. The number of sulfone groups is 1. The van der Waals surface area contributed by atoms with E-state index in [-0.39, 0.29) is 23.6 Å². The van der Waals surface area contributed by atoms with E-state index in [9.17, 15) is 13.2 Å². The zero-order valence-electron chi connectivity index (χ0n) is 18.2. The number of hydrogen-bond donors (Lipinski definition) is 0. The van der Waals surface area contributed by atoms with Gasteiger partial charge in [0, 0.05) is 50.5 Å². The molecule has 1 aromatic carbocycles. The van der Waals surface area contributed by atoms with Gasteiger partial charge in [-0.1, -0.05) is 13.8 Å². The number of benzene rings is 1. The van der Waals surface area contributed by atoms with Gasteiger partial charge in [-0.25, -0.2) is 13.2 Å². The van der Waals surface area contributed by atoms with E-state index >= 15 is 0 Å². The van der Waals surface area contributed by atoms with E-state index in [2.05, 4.69) is 30.9 Å². The van der Waals surface area contributed by atoms with Crippen molar-refractivity contribution in [2.24, 2.45) is 17.8 Å². The van der Waals surface area contributed by atoms with Crippen LogP contribution in [-0.2, 0) is 9.84 Å². The summed E-state index contributed by atoms with van der Waals surface area (Å²) in [6, 6.07) is 6.32. The van der Waals surface area contributed by atoms with Crippen LogP contribution in [0.5, 0.6) is 11.5 Å². The number of carbonyl (C=O) groups excluding carboxylic acids is 1. The molecule has 0 spiro atoms. The summed E-state index contributed by atoms with van der Waals surface area (Å²) in [7, 11) is -3.01. The standard InChI is InChI=1S/C22H31N3O5S/c1-15-16(2)19-14-24(22(26)23-5-9-31(27,28)10-6-23)12-17(15)13-25(19)18-3-4-20-21(11-18)30-8-7-29-20/h3-4,11,15-17,19H,5-10,12-14H2,1-2H3/t15?,16?,17-,19-/m1/s1. The molecule has 8 nitrogen and oxygen atoms in total. The molecule has 9 heteroatoms. The quantitative estimate of drug-likeness (QED) is 0.649. The third-order valence-electron chi connectivity index (χ3n) is 7.62. The smallest absolute Gasteiger partial charge is 0.320 e. The number of fused-ring (bicyclic) bond motifs is 5. The Morgan fingerprint density at radius 1 is 0.935 bits per heavy atom. The molecule has 4 atom stereocenters. The van der Waals surface area contributed by atoms with Gasteiger partial charge in [0.25, 0.3) is 0 Å². The van der Waals surface area contributed by atoms with Gasteiger partial charge in [-0.3, -0.25) is 0 Å². The third kappa shape index (κ3) is 3.81. The Morgan fingerprint density at radius 3 is 2.39 bits per heavy atom. The van der Waals surface area contributed by atoms with Crippen LogP contribution in [0.15, 0.2) is 18.2 Å². The number of amides is 2. The fourth-order valence-corrected chi connectivity index (χ4v) is 6.66. The van der Waals surface area contributed by atoms with E-state index in [1.807, 2.05) is 11.0 Å². The molecule has 31 heavy (non-hydrogen) atoms. The van der Waals surface area contributed by atoms with Crippen molar-refractivity contribution in [2.75, 3.05) is 62.3 Å². The minimum Gasteiger partial charge on any atom is -0.486 e. The maximum absolute atomic E-state index is 13.3. The molecule has 0 aromatic heterocycles. The average molecular weight is 450 g/mol. The Kier molecular flexibility index (Phi) is 5.19. The lowest BCUT2D eigenvalue weighted by atomic mass is 9.76. The Hall–Kier alpha value is -2.16. The minimum atomic E-state index is -3.01. The normalized spacial score (nSPS) is 32.0. The highest BCUT2D eigenvalue weighted by Gasteiger charge is 2.45. The van der Waals surface area contributed by atoms with Crippen molar-refractivity contribution < 1.29 is 22.7 Å². The van der Waals surface area contributed by atoms with Crippen molar-refractivity contribution in [3.05, 3.63) is 18.2 Å². The highest BCUT2D eigenvalue weighted by atomic mass is 32.2. The summed E-state index contributed by atoms with van der Waals surface area (Å²) in [6.45, 7) is 8.57. The fourth-order valence-electron chi connectivity index (χ4n) is 5.46. The second kappa shape index (κ2) is 7.76. The summed E-state index contributed by atoms with van der Waals surface area (Å²) in [5, 5.41) is 0. The first kappa shape index (κ1) is 20.7. The predicted molar refractivity (Wildman–Crippen MR) is 118 cm³/mol. The van der Waals surface area contributed by atoms with Gasteiger partial charge in [-0.15, -0.1) is 0 Å². The van der Waals surface area contributed by atoms with Crippen molar-refractivity contribution >= 4 is 21.6 Å². The van der Waals surface area contributed by atoms with Gasteiger partial charge in [0.1, 0.15) is 13.2 Å². The number of nitrogens with zero attached hydrogens (tertiary/aromatic N) is 3. The second-order valence-corrected chi connectivity index (χ2v) is 11.7. The van der Waals surface area contributed by atoms with Gasteiger partial charge in [0.2, 0.25) is 0 Å². The molecule has 2 bridgehead atoms. The number of piperidine rings is 1. The van der Waals surface area contributed by atoms with Gasteiger partial charge >= 0.3 is 6.03 Å². The molecule has 2 unspecified atom stereocenters. The molecule has 0 saturated carbocycles. The highest BCUT2D eigenvalue weighted by Crippen LogP contribution is 2.42. The van der Waals surface area contributed by atoms with Crippen LogP contribution in [0.4, 0.5) is 10.5 Å². The van der Waals surface area contributed by atoms with Crippen LogP contribution in [0.1, 0.15) is 13.8 Å². The maximum Gasteiger partial charge on any atom is 0.320 e. The zero-order valence-corrected chi connectivity index (χ0v) is 19.0. The Balaban J connectivity index is 1.38. The van der Waals surface area contributed by atoms with Crippen LogP contribution in [0.3, 0.4) is 0 Å². The topological polar surface area (TPSA) is 79.4 Å². The first-order valence-electron chi connectivity index (χ1n) is 11.2. The maximum atomic E-state index is 13.3. The van der Waals surface area contributed by atoms with Crippen molar-refractivity contribution in [2.45, 2.75) is 19.9 Å². The largest absolute Gasteiger partial charge is 0.486 e. The summed E-state index contributed by atoms with van der Waals surface area (Å²) in [5.41, 5.74) is 1.11. The van der Waals surface area contributed by atoms with E-state index < -0.39 is 9.84 Å². The van der Waals surface area contributed by atoms with Gasteiger partial charge in [0.15, 0.2) is 21.3 Å². The Morgan fingerprint density at radius 2 is 1.65 bits per heavy atom. The molecule has 0 aliphatic carbocycles. The SMILES string of the molecule is CC1C(C)[C@H]2CN(C(=O)N3CCS(=O)(=O)CC3)C[C@@H]1CN2c1ccc2c(c1)OCCO2. The second-order valence-electron chi connectivity index (χ2n) is 9.35. The zero-order chi connectivity index (χ0) is 21.8. The summed E-state index contributed by atoms with van der Waals surface area (Å²) in [5.74, 6) is 3.01. The summed E-state index contributed by atoms with van der Waals surface area (Å²) in [6.07, 6.45) is 0. The van der Waals surface area contributed by atoms with Crippen LogP contribution in [-0.4, -0.2) is 87.7 Å². The molecule has 0 radical (unpaired) electrons. The summed E-state index contributed by atoms with van der Waals surface area (Å²) < 4.78 is 35.0. The summed E-state index contributed by atoms with van der Waals surface area (Å²) in [4.78, 5) is 19.4.